The maximum Gasteiger partial charge on any atom is 0.310 e. The molecule has 0 bridgehead atoms. The molecular weight excluding hydrogens is 348 g/mol. The summed E-state index contributed by atoms with van der Waals surface area (Å²) in [6.45, 7) is 2.25. The molecule has 0 N–H and O–H groups in total. The van der Waals surface area contributed by atoms with Crippen molar-refractivity contribution in [1.82, 2.24) is 0 Å². The molecule has 1 aromatic carbocycles. The van der Waals surface area contributed by atoms with E-state index in [1.54, 1.807) is 0 Å². The first kappa shape index (κ1) is 14.7. The van der Waals surface area contributed by atoms with Crippen LogP contribution in [0.25, 0.3) is 0 Å². The molecule has 0 aliphatic rings. The lowest BCUT2D eigenvalue weighted by Crippen LogP contribution is -2.08. The number of carbonyl (C=O) groups excluding carboxylic acids is 1. The van der Waals surface area contributed by atoms with Crippen LogP contribution in [0.4, 0.5) is 0 Å². The van der Waals surface area contributed by atoms with E-state index in [0.717, 1.165) is 28.2 Å². The van der Waals surface area contributed by atoms with E-state index in [4.69, 9.17) is 4.74 Å². The number of aryl methyl sites for hydroxylation is 1. The Hall–Kier alpha value is -0.350. The van der Waals surface area contributed by atoms with E-state index in [0.29, 0.717) is 13.0 Å². The molecule has 0 unspecified atom stereocenters. The van der Waals surface area contributed by atoms with Gasteiger partial charge in [-0.15, -0.1) is 0 Å². The fourth-order valence-electron chi connectivity index (χ4n) is 1.59. The van der Waals surface area contributed by atoms with Gasteiger partial charge in [0.1, 0.15) is 0 Å². The number of halogens is 2. The third-order valence-electron chi connectivity index (χ3n) is 2.38. The van der Waals surface area contributed by atoms with E-state index in [9.17, 15) is 4.79 Å². The predicted octanol–water partition coefficient (Wildman–Crippen LogP) is 3.88. The Morgan fingerprint density at radius 3 is 2.71 bits per heavy atom. The van der Waals surface area contributed by atoms with Crippen molar-refractivity contribution in [1.29, 1.82) is 0 Å². The molecule has 2 nitrogen and oxygen atoms in total. The number of esters is 1. The number of alkyl halides is 1. The van der Waals surface area contributed by atoms with Gasteiger partial charge in [0.25, 0.3) is 0 Å². The first-order valence-corrected chi connectivity index (χ1v) is 7.58. The highest BCUT2D eigenvalue weighted by Gasteiger charge is 2.10. The van der Waals surface area contributed by atoms with Crippen LogP contribution in [0, 0.1) is 0 Å². The van der Waals surface area contributed by atoms with Gasteiger partial charge in [0, 0.05) is 9.80 Å². The third kappa shape index (κ3) is 4.80. The summed E-state index contributed by atoms with van der Waals surface area (Å²) in [5.74, 6) is -0.175. The lowest BCUT2D eigenvalue weighted by atomic mass is 10.0. The summed E-state index contributed by atoms with van der Waals surface area (Å²) in [5, 5.41) is 0.988. The Bertz CT molecular complexity index is 378. The third-order valence-corrected chi connectivity index (χ3v) is 3.96. The van der Waals surface area contributed by atoms with E-state index in [2.05, 4.69) is 37.9 Å². The van der Waals surface area contributed by atoms with Gasteiger partial charge in [-0.05, 0) is 30.9 Å². The van der Waals surface area contributed by atoms with Crippen LogP contribution in [0.2, 0.25) is 0 Å². The average molecular weight is 364 g/mol. The SMILES string of the molecule is CCOC(=O)Cc1cccc(CCCBr)c1Br. The fourth-order valence-corrected chi connectivity index (χ4v) is 2.47. The zero-order valence-electron chi connectivity index (χ0n) is 9.84. The standard InChI is InChI=1S/C13H16Br2O2/c1-2-17-12(16)9-11-6-3-5-10(13(11)15)7-4-8-14/h3,5-6H,2,4,7-9H2,1H3. The van der Waals surface area contributed by atoms with E-state index >= 15 is 0 Å². The molecule has 0 fully saturated rings. The Labute approximate surface area is 119 Å². The molecule has 4 heteroatoms. The summed E-state index contributed by atoms with van der Waals surface area (Å²) in [6, 6.07) is 6.03. The summed E-state index contributed by atoms with van der Waals surface area (Å²) in [6.07, 6.45) is 2.42. The molecule has 0 saturated heterocycles. The summed E-state index contributed by atoms with van der Waals surface area (Å²) >= 11 is 6.99. The second-order valence-electron chi connectivity index (χ2n) is 3.66. The van der Waals surface area contributed by atoms with Gasteiger partial charge in [-0.25, -0.2) is 0 Å². The highest BCUT2D eigenvalue weighted by molar-refractivity contribution is 9.10. The maximum absolute atomic E-state index is 11.4. The summed E-state index contributed by atoms with van der Waals surface area (Å²) in [4.78, 5) is 11.4. The number of hydrogen-bond acceptors (Lipinski definition) is 2. The van der Waals surface area contributed by atoms with Crippen molar-refractivity contribution in [2.75, 3.05) is 11.9 Å². The van der Waals surface area contributed by atoms with Gasteiger partial charge in [-0.2, -0.15) is 0 Å². The van der Waals surface area contributed by atoms with Crippen molar-refractivity contribution in [3.05, 3.63) is 33.8 Å². The van der Waals surface area contributed by atoms with Gasteiger partial charge >= 0.3 is 5.97 Å². The second kappa shape index (κ2) is 7.88. The van der Waals surface area contributed by atoms with Gasteiger partial charge in [-0.1, -0.05) is 50.1 Å². The monoisotopic (exact) mass is 362 g/mol. The minimum atomic E-state index is -0.175. The molecule has 0 aliphatic heterocycles. The fraction of sp³-hybridized carbons (Fsp3) is 0.462. The molecule has 0 aliphatic carbocycles. The maximum atomic E-state index is 11.4. The van der Waals surface area contributed by atoms with E-state index in [1.165, 1.54) is 5.56 Å². The van der Waals surface area contributed by atoms with E-state index in [1.807, 2.05) is 19.1 Å². The molecule has 94 valence electrons. The Morgan fingerprint density at radius 1 is 1.35 bits per heavy atom. The normalized spacial score (nSPS) is 10.3. The molecule has 1 rings (SSSR count). The van der Waals surface area contributed by atoms with Gasteiger partial charge in [0.05, 0.1) is 13.0 Å². The largest absolute Gasteiger partial charge is 0.466 e. The molecule has 0 heterocycles. The summed E-state index contributed by atoms with van der Waals surface area (Å²) in [7, 11) is 0. The smallest absolute Gasteiger partial charge is 0.310 e. The van der Waals surface area contributed by atoms with Crippen LogP contribution in [0.5, 0.6) is 0 Å². The van der Waals surface area contributed by atoms with E-state index < -0.39 is 0 Å². The second-order valence-corrected chi connectivity index (χ2v) is 5.25. The van der Waals surface area contributed by atoms with Crippen LogP contribution < -0.4 is 0 Å². The first-order valence-electron chi connectivity index (χ1n) is 5.66. The lowest BCUT2D eigenvalue weighted by molar-refractivity contribution is -0.142. The molecule has 0 saturated carbocycles. The van der Waals surface area contributed by atoms with E-state index in [-0.39, 0.29) is 5.97 Å². The van der Waals surface area contributed by atoms with Crippen LogP contribution >= 0.6 is 31.9 Å². The molecule has 1 aromatic rings. The zero-order valence-corrected chi connectivity index (χ0v) is 13.0. The van der Waals surface area contributed by atoms with Crippen LogP contribution in [0.15, 0.2) is 22.7 Å². The van der Waals surface area contributed by atoms with Crippen LogP contribution in [0.3, 0.4) is 0 Å². The molecule has 0 radical (unpaired) electrons. The van der Waals surface area contributed by atoms with Crippen LogP contribution in [-0.4, -0.2) is 17.9 Å². The lowest BCUT2D eigenvalue weighted by Gasteiger charge is -2.09. The molecule has 0 atom stereocenters. The summed E-state index contributed by atoms with van der Waals surface area (Å²) < 4.78 is 5.99. The first-order chi connectivity index (χ1) is 8.19. The van der Waals surface area contributed by atoms with Crippen molar-refractivity contribution in [3.8, 4) is 0 Å². The number of ether oxygens (including phenoxy) is 1. The Balaban J connectivity index is 2.75. The predicted molar refractivity (Wildman–Crippen MR) is 76.6 cm³/mol. The van der Waals surface area contributed by atoms with Crippen LogP contribution in [-0.2, 0) is 22.4 Å². The quantitative estimate of drug-likeness (QED) is 0.566. The Morgan fingerprint density at radius 2 is 2.06 bits per heavy atom. The van der Waals surface area contributed by atoms with Gasteiger partial charge in [0.2, 0.25) is 0 Å². The van der Waals surface area contributed by atoms with Crippen molar-refractivity contribution in [2.45, 2.75) is 26.2 Å². The summed E-state index contributed by atoms with van der Waals surface area (Å²) in [5.41, 5.74) is 2.24. The highest BCUT2D eigenvalue weighted by Crippen LogP contribution is 2.24. The number of benzene rings is 1. The van der Waals surface area contributed by atoms with Crippen molar-refractivity contribution >= 4 is 37.8 Å². The molecule has 0 spiro atoms. The average Bonchev–Trinajstić information content (AvgIpc) is 2.30. The van der Waals surface area contributed by atoms with Crippen molar-refractivity contribution < 1.29 is 9.53 Å². The number of carbonyl (C=O) groups is 1. The molecule has 0 amide bonds. The highest BCUT2D eigenvalue weighted by atomic mass is 79.9. The number of hydrogen-bond donors (Lipinski definition) is 0. The van der Waals surface area contributed by atoms with Gasteiger partial charge in [0.15, 0.2) is 0 Å². The van der Waals surface area contributed by atoms with Gasteiger partial charge in [-0.3, -0.25) is 4.79 Å². The number of rotatable bonds is 6. The minimum absolute atomic E-state index is 0.175. The van der Waals surface area contributed by atoms with Crippen molar-refractivity contribution in [2.24, 2.45) is 0 Å². The Kier molecular flexibility index (Phi) is 6.82. The van der Waals surface area contributed by atoms with Crippen molar-refractivity contribution in [3.63, 3.8) is 0 Å². The topological polar surface area (TPSA) is 26.3 Å². The minimum Gasteiger partial charge on any atom is -0.466 e. The molecular formula is C13H16Br2O2. The van der Waals surface area contributed by atoms with Crippen LogP contribution in [0.1, 0.15) is 24.5 Å². The molecule has 17 heavy (non-hydrogen) atoms. The molecule has 0 aromatic heterocycles. The zero-order chi connectivity index (χ0) is 12.7. The van der Waals surface area contributed by atoms with Gasteiger partial charge < -0.3 is 4.74 Å².